The average molecular weight is 305 g/mol. The van der Waals surface area contributed by atoms with Gasteiger partial charge in [-0.3, -0.25) is 4.79 Å². The van der Waals surface area contributed by atoms with Gasteiger partial charge >= 0.3 is 5.97 Å². The molecular formula is C15H28O2S2. The Bertz CT molecular complexity index is 246. The van der Waals surface area contributed by atoms with E-state index in [0.29, 0.717) is 13.0 Å². The van der Waals surface area contributed by atoms with Gasteiger partial charge in [-0.25, -0.2) is 0 Å². The Hall–Kier alpha value is 0.170. The zero-order chi connectivity index (χ0) is 13.9. The Morgan fingerprint density at radius 3 is 2.89 bits per heavy atom. The van der Waals surface area contributed by atoms with Crippen molar-refractivity contribution in [2.24, 2.45) is 11.8 Å². The highest BCUT2D eigenvalue weighted by Gasteiger charge is 2.20. The van der Waals surface area contributed by atoms with Crippen molar-refractivity contribution >= 4 is 30.4 Å². The molecule has 0 aromatic carbocycles. The molecule has 19 heavy (non-hydrogen) atoms. The van der Waals surface area contributed by atoms with E-state index in [-0.39, 0.29) is 5.97 Å². The highest BCUT2D eigenvalue weighted by molar-refractivity contribution is 7.99. The van der Waals surface area contributed by atoms with Gasteiger partial charge in [0.25, 0.3) is 0 Å². The molecule has 0 aliphatic heterocycles. The maximum atomic E-state index is 11.4. The molecule has 1 aliphatic carbocycles. The van der Waals surface area contributed by atoms with E-state index in [2.05, 4.69) is 19.6 Å². The predicted molar refractivity (Wildman–Crippen MR) is 87.1 cm³/mol. The van der Waals surface area contributed by atoms with Crippen LogP contribution in [0.2, 0.25) is 0 Å². The molecule has 0 heterocycles. The van der Waals surface area contributed by atoms with Crippen LogP contribution in [-0.4, -0.2) is 29.8 Å². The van der Waals surface area contributed by atoms with E-state index in [1.807, 2.05) is 11.8 Å². The lowest BCUT2D eigenvalue weighted by Crippen LogP contribution is -2.18. The first-order valence-electron chi connectivity index (χ1n) is 7.60. The Labute approximate surface area is 127 Å². The minimum absolute atomic E-state index is 0.0298. The highest BCUT2D eigenvalue weighted by atomic mass is 32.2. The quantitative estimate of drug-likeness (QED) is 0.393. The van der Waals surface area contributed by atoms with Crippen molar-refractivity contribution in [2.75, 3.05) is 23.9 Å². The van der Waals surface area contributed by atoms with Crippen LogP contribution in [0, 0.1) is 11.8 Å². The fraction of sp³-hybridized carbons (Fsp3) is 0.933. The number of rotatable bonds is 9. The van der Waals surface area contributed by atoms with E-state index in [1.54, 1.807) is 0 Å². The highest BCUT2D eigenvalue weighted by Crippen LogP contribution is 2.31. The normalized spacial score (nSPS) is 23.3. The molecule has 1 fully saturated rings. The van der Waals surface area contributed by atoms with Crippen LogP contribution in [0.3, 0.4) is 0 Å². The van der Waals surface area contributed by atoms with Crippen LogP contribution in [0.5, 0.6) is 0 Å². The van der Waals surface area contributed by atoms with Crippen molar-refractivity contribution in [3.63, 3.8) is 0 Å². The van der Waals surface area contributed by atoms with Gasteiger partial charge in [-0.05, 0) is 49.0 Å². The second-order valence-electron chi connectivity index (χ2n) is 5.48. The molecule has 0 aromatic rings. The zero-order valence-corrected chi connectivity index (χ0v) is 13.8. The van der Waals surface area contributed by atoms with Crippen LogP contribution in [-0.2, 0) is 9.53 Å². The van der Waals surface area contributed by atoms with Crippen molar-refractivity contribution in [2.45, 2.75) is 51.9 Å². The van der Waals surface area contributed by atoms with Crippen molar-refractivity contribution in [3.8, 4) is 0 Å². The van der Waals surface area contributed by atoms with E-state index in [0.717, 1.165) is 36.2 Å². The first kappa shape index (κ1) is 17.2. The smallest absolute Gasteiger partial charge is 0.306 e. The summed E-state index contributed by atoms with van der Waals surface area (Å²) in [5.74, 6) is 4.77. The van der Waals surface area contributed by atoms with Gasteiger partial charge in [0.05, 0.1) is 13.0 Å². The Morgan fingerprint density at radius 1 is 1.37 bits per heavy atom. The molecule has 1 saturated carbocycles. The monoisotopic (exact) mass is 304 g/mol. The van der Waals surface area contributed by atoms with Crippen LogP contribution in [0.15, 0.2) is 0 Å². The zero-order valence-electron chi connectivity index (χ0n) is 12.1. The molecule has 2 unspecified atom stereocenters. The molecule has 112 valence electrons. The third-order valence-corrected chi connectivity index (χ3v) is 5.43. The average Bonchev–Trinajstić information content (AvgIpc) is 2.44. The summed E-state index contributed by atoms with van der Waals surface area (Å²) in [6.07, 6.45) is 8.03. The van der Waals surface area contributed by atoms with Crippen LogP contribution >= 0.6 is 24.4 Å². The third-order valence-electron chi connectivity index (χ3n) is 3.71. The summed E-state index contributed by atoms with van der Waals surface area (Å²) >= 11 is 6.33. The summed E-state index contributed by atoms with van der Waals surface area (Å²) in [4.78, 5) is 11.4. The molecule has 2 nitrogen and oxygen atoms in total. The summed E-state index contributed by atoms with van der Waals surface area (Å²) in [5.41, 5.74) is 0. The molecule has 0 bridgehead atoms. The van der Waals surface area contributed by atoms with Gasteiger partial charge in [-0.2, -0.15) is 24.4 Å². The summed E-state index contributed by atoms with van der Waals surface area (Å²) in [7, 11) is 0. The molecule has 2 atom stereocenters. The fourth-order valence-electron chi connectivity index (χ4n) is 2.53. The first-order chi connectivity index (χ1) is 9.26. The molecule has 0 radical (unpaired) electrons. The van der Waals surface area contributed by atoms with Crippen molar-refractivity contribution in [1.29, 1.82) is 0 Å². The largest absolute Gasteiger partial charge is 0.466 e. The summed E-state index contributed by atoms with van der Waals surface area (Å²) in [5, 5.41) is 0. The minimum atomic E-state index is -0.0298. The third kappa shape index (κ3) is 8.13. The van der Waals surface area contributed by atoms with Gasteiger partial charge in [0.2, 0.25) is 0 Å². The molecule has 0 aromatic heterocycles. The summed E-state index contributed by atoms with van der Waals surface area (Å²) in [6.45, 7) is 2.69. The topological polar surface area (TPSA) is 26.3 Å². The van der Waals surface area contributed by atoms with Gasteiger partial charge in [0, 0.05) is 5.75 Å². The number of esters is 1. The van der Waals surface area contributed by atoms with Gasteiger partial charge < -0.3 is 4.74 Å². The molecule has 0 spiro atoms. The Balaban J connectivity index is 1.99. The van der Waals surface area contributed by atoms with Crippen molar-refractivity contribution < 1.29 is 9.53 Å². The molecule has 4 heteroatoms. The standard InChI is InChI=1S/C15H28O2S2/c1-2-3-8-17-15(16)7-9-19-12-14-6-4-5-13(10-14)11-18/h13-14,18H,2-12H2,1H3. The molecule has 1 rings (SSSR count). The summed E-state index contributed by atoms with van der Waals surface area (Å²) < 4.78 is 5.15. The molecule has 1 aliphatic rings. The second-order valence-corrected chi connectivity index (χ2v) is 7.00. The maximum Gasteiger partial charge on any atom is 0.306 e. The number of thioether (sulfide) groups is 1. The molecule has 0 N–H and O–H groups in total. The van der Waals surface area contributed by atoms with Crippen LogP contribution < -0.4 is 0 Å². The Morgan fingerprint density at radius 2 is 2.16 bits per heavy atom. The van der Waals surface area contributed by atoms with E-state index < -0.39 is 0 Å². The number of hydrogen-bond donors (Lipinski definition) is 1. The number of thiol groups is 1. The fourth-order valence-corrected chi connectivity index (χ4v) is 3.97. The van der Waals surface area contributed by atoms with Crippen LogP contribution in [0.1, 0.15) is 51.9 Å². The molecular weight excluding hydrogens is 276 g/mol. The van der Waals surface area contributed by atoms with Gasteiger partial charge in [0.15, 0.2) is 0 Å². The van der Waals surface area contributed by atoms with Crippen LogP contribution in [0.4, 0.5) is 0 Å². The maximum absolute atomic E-state index is 11.4. The van der Waals surface area contributed by atoms with Gasteiger partial charge in [-0.1, -0.05) is 19.8 Å². The number of carbonyl (C=O) groups is 1. The van der Waals surface area contributed by atoms with Gasteiger partial charge in [0.1, 0.15) is 0 Å². The number of carbonyl (C=O) groups excluding carboxylic acids is 1. The number of hydrogen-bond acceptors (Lipinski definition) is 4. The lowest BCUT2D eigenvalue weighted by molar-refractivity contribution is -0.143. The summed E-state index contributed by atoms with van der Waals surface area (Å²) in [6, 6.07) is 0. The van der Waals surface area contributed by atoms with Crippen LogP contribution in [0.25, 0.3) is 0 Å². The Kier molecular flexibility index (Phi) is 9.88. The second kappa shape index (κ2) is 10.9. The van der Waals surface area contributed by atoms with Gasteiger partial charge in [-0.15, -0.1) is 0 Å². The van der Waals surface area contributed by atoms with E-state index in [4.69, 9.17) is 4.74 Å². The van der Waals surface area contributed by atoms with E-state index in [9.17, 15) is 4.79 Å². The number of unbranched alkanes of at least 4 members (excludes halogenated alkanes) is 1. The lowest BCUT2D eigenvalue weighted by Gasteiger charge is -2.27. The van der Waals surface area contributed by atoms with Crippen molar-refractivity contribution in [3.05, 3.63) is 0 Å². The van der Waals surface area contributed by atoms with E-state index >= 15 is 0 Å². The van der Waals surface area contributed by atoms with E-state index in [1.165, 1.54) is 31.4 Å². The molecule has 0 amide bonds. The SMILES string of the molecule is CCCCOC(=O)CCSCC1CCCC(CS)C1. The lowest BCUT2D eigenvalue weighted by atomic mass is 9.83. The van der Waals surface area contributed by atoms with Crippen molar-refractivity contribution in [1.82, 2.24) is 0 Å². The molecule has 0 saturated heterocycles. The predicted octanol–water partition coefficient (Wildman–Crippen LogP) is 4.19. The number of ether oxygens (including phenoxy) is 1. The minimum Gasteiger partial charge on any atom is -0.466 e. The first-order valence-corrected chi connectivity index (χ1v) is 9.39.